The second-order valence-electron chi connectivity index (χ2n) is 7.75. The minimum atomic E-state index is -0.291. The largest absolute Gasteiger partial charge is 0.493 e. The van der Waals surface area contributed by atoms with E-state index in [2.05, 4.69) is 15.4 Å². The average molecular weight is 489 g/mol. The number of aryl methyl sites for hydroxylation is 1. The number of methoxy groups -OCH3 is 2. The number of amides is 1. The van der Waals surface area contributed by atoms with E-state index in [1.807, 2.05) is 24.3 Å². The number of fused-ring (bicyclic) bond motifs is 2. The number of aromatic nitrogens is 3. The molecule has 3 aromatic carbocycles. The van der Waals surface area contributed by atoms with Crippen LogP contribution in [0, 0.1) is 0 Å². The Morgan fingerprint density at radius 2 is 1.74 bits per heavy atom. The number of nitrogens with one attached hydrogen (secondary N) is 1. The Morgan fingerprint density at radius 3 is 2.51 bits per heavy atom. The maximum atomic E-state index is 12.7. The van der Waals surface area contributed by atoms with Gasteiger partial charge in [0.05, 0.1) is 25.3 Å². The monoisotopic (exact) mass is 488 g/mol. The molecule has 5 rings (SSSR count). The van der Waals surface area contributed by atoms with Gasteiger partial charge in [0.2, 0.25) is 0 Å². The highest BCUT2D eigenvalue weighted by molar-refractivity contribution is 6.31. The van der Waals surface area contributed by atoms with Gasteiger partial charge >= 0.3 is 0 Å². The van der Waals surface area contributed by atoms with E-state index in [0.29, 0.717) is 44.9 Å². The van der Waals surface area contributed by atoms with Crippen molar-refractivity contribution in [3.63, 3.8) is 0 Å². The van der Waals surface area contributed by atoms with Gasteiger partial charge in [0.1, 0.15) is 11.5 Å². The van der Waals surface area contributed by atoms with E-state index >= 15 is 0 Å². The molecule has 1 amide bonds. The highest BCUT2D eigenvalue weighted by Gasteiger charge is 2.16. The zero-order valence-corrected chi connectivity index (χ0v) is 20.0. The third-order valence-electron chi connectivity index (χ3n) is 5.58. The molecule has 0 aliphatic heterocycles. The van der Waals surface area contributed by atoms with Crippen LogP contribution in [0.15, 0.2) is 66.9 Å². The van der Waals surface area contributed by atoms with E-state index in [9.17, 15) is 4.79 Å². The van der Waals surface area contributed by atoms with E-state index in [1.165, 1.54) is 0 Å². The maximum absolute atomic E-state index is 12.7. The van der Waals surface area contributed by atoms with Crippen molar-refractivity contribution < 1.29 is 19.0 Å². The smallest absolute Gasteiger partial charge is 0.256 e. The van der Waals surface area contributed by atoms with E-state index in [-0.39, 0.29) is 5.91 Å². The number of benzene rings is 3. The van der Waals surface area contributed by atoms with Gasteiger partial charge in [-0.1, -0.05) is 17.7 Å². The lowest BCUT2D eigenvalue weighted by Gasteiger charge is -2.12. The summed E-state index contributed by atoms with van der Waals surface area (Å²) in [4.78, 5) is 17.1. The predicted octanol–water partition coefficient (Wildman–Crippen LogP) is 5.84. The van der Waals surface area contributed by atoms with Gasteiger partial charge in [0.15, 0.2) is 17.3 Å². The lowest BCUT2D eigenvalue weighted by molar-refractivity contribution is 0.102. The molecule has 9 heteroatoms. The van der Waals surface area contributed by atoms with Crippen LogP contribution in [0.1, 0.15) is 10.4 Å². The number of anilines is 1. The number of hydrogen-bond acceptors (Lipinski definition) is 6. The van der Waals surface area contributed by atoms with Gasteiger partial charge in [-0.2, -0.15) is 5.10 Å². The summed E-state index contributed by atoms with van der Waals surface area (Å²) in [5, 5.41) is 9.39. The first kappa shape index (κ1) is 22.5. The summed E-state index contributed by atoms with van der Waals surface area (Å²) in [7, 11) is 4.97. The molecule has 5 aromatic rings. The van der Waals surface area contributed by atoms with Crippen molar-refractivity contribution in [1.82, 2.24) is 14.8 Å². The molecule has 0 aliphatic carbocycles. The van der Waals surface area contributed by atoms with Crippen LogP contribution >= 0.6 is 11.6 Å². The van der Waals surface area contributed by atoms with Crippen LogP contribution in [0.2, 0.25) is 5.02 Å². The Kier molecular flexibility index (Phi) is 5.88. The van der Waals surface area contributed by atoms with Crippen LogP contribution in [0.5, 0.6) is 23.0 Å². The number of ether oxygens (including phenoxy) is 3. The first-order chi connectivity index (χ1) is 17.0. The molecule has 0 bridgehead atoms. The quantitative estimate of drug-likeness (QED) is 0.323. The summed E-state index contributed by atoms with van der Waals surface area (Å²) in [5.74, 6) is 2.56. The number of carbonyl (C=O) groups excluding carboxylic acids is 1. The van der Waals surface area contributed by atoms with Crippen LogP contribution in [0.25, 0.3) is 21.8 Å². The van der Waals surface area contributed by atoms with Crippen LogP contribution in [0.3, 0.4) is 0 Å². The van der Waals surface area contributed by atoms with Gasteiger partial charge in [0.25, 0.3) is 5.91 Å². The number of rotatable bonds is 6. The molecular weight excluding hydrogens is 468 g/mol. The molecule has 0 aliphatic rings. The van der Waals surface area contributed by atoms with Crippen molar-refractivity contribution in [3.05, 3.63) is 77.4 Å². The summed E-state index contributed by atoms with van der Waals surface area (Å²) in [6, 6.07) is 17.7. The molecule has 0 saturated heterocycles. The van der Waals surface area contributed by atoms with Crippen LogP contribution in [0.4, 0.5) is 5.82 Å². The molecule has 2 aromatic heterocycles. The van der Waals surface area contributed by atoms with Gasteiger partial charge in [-0.3, -0.25) is 14.5 Å². The topological polar surface area (TPSA) is 87.5 Å². The Labute approximate surface area is 206 Å². The second kappa shape index (κ2) is 9.15. The SMILES string of the molecule is COc1cc2nccc(Oc3ccc4c(NC(=O)c5cccc(Cl)c5)nn(C)c4c3)c2cc1OC. The van der Waals surface area contributed by atoms with E-state index in [0.717, 1.165) is 16.3 Å². The number of nitrogens with zero attached hydrogens (tertiary/aromatic N) is 3. The fraction of sp³-hybridized carbons (Fsp3) is 0.115. The van der Waals surface area contributed by atoms with Crippen LogP contribution in [-0.2, 0) is 7.05 Å². The lowest BCUT2D eigenvalue weighted by Crippen LogP contribution is -2.12. The van der Waals surface area contributed by atoms with Crippen LogP contribution in [-0.4, -0.2) is 34.9 Å². The molecule has 2 heterocycles. The molecule has 176 valence electrons. The molecule has 0 fully saturated rings. The van der Waals surface area contributed by atoms with Crippen LogP contribution < -0.4 is 19.5 Å². The molecule has 35 heavy (non-hydrogen) atoms. The molecule has 0 atom stereocenters. The Morgan fingerprint density at radius 1 is 0.943 bits per heavy atom. The van der Waals surface area contributed by atoms with Gasteiger partial charge in [-0.25, -0.2) is 0 Å². The molecule has 0 radical (unpaired) electrons. The second-order valence-corrected chi connectivity index (χ2v) is 8.19. The standard InChI is InChI=1S/C26H21ClN4O4/c1-31-21-12-17(35-22-9-10-28-20-14-24(34-3)23(33-2)13-19(20)22)7-8-18(21)25(30-31)29-26(32)15-5-4-6-16(27)11-15/h4-14H,1-3H3,(H,29,30,32). The zero-order valence-electron chi connectivity index (χ0n) is 19.2. The summed E-state index contributed by atoms with van der Waals surface area (Å²) >= 11 is 6.01. The maximum Gasteiger partial charge on any atom is 0.256 e. The minimum absolute atomic E-state index is 0.291. The highest BCUT2D eigenvalue weighted by Crippen LogP contribution is 2.37. The Balaban J connectivity index is 1.46. The zero-order chi connectivity index (χ0) is 24.5. The molecule has 0 spiro atoms. The molecule has 0 saturated carbocycles. The van der Waals surface area contributed by atoms with E-state index < -0.39 is 0 Å². The van der Waals surface area contributed by atoms with Crippen molar-refractivity contribution in [2.45, 2.75) is 0 Å². The van der Waals surface area contributed by atoms with E-state index in [1.54, 1.807) is 68.5 Å². The highest BCUT2D eigenvalue weighted by atomic mass is 35.5. The summed E-state index contributed by atoms with van der Waals surface area (Å²) in [5.41, 5.74) is 1.96. The molecule has 1 N–H and O–H groups in total. The minimum Gasteiger partial charge on any atom is -0.493 e. The van der Waals surface area contributed by atoms with Crippen molar-refractivity contribution >= 4 is 45.1 Å². The summed E-state index contributed by atoms with van der Waals surface area (Å²) in [6.45, 7) is 0. The Hall–Kier alpha value is -4.30. The summed E-state index contributed by atoms with van der Waals surface area (Å²) < 4.78 is 18.7. The lowest BCUT2D eigenvalue weighted by atomic mass is 10.1. The van der Waals surface area contributed by atoms with Gasteiger partial charge < -0.3 is 19.5 Å². The van der Waals surface area contributed by atoms with Crippen molar-refractivity contribution in [3.8, 4) is 23.0 Å². The third kappa shape index (κ3) is 4.31. The van der Waals surface area contributed by atoms with E-state index in [4.69, 9.17) is 25.8 Å². The normalized spacial score (nSPS) is 11.0. The Bertz CT molecular complexity index is 1580. The molecule has 0 unspecified atom stereocenters. The van der Waals surface area contributed by atoms with Crippen molar-refractivity contribution in [1.29, 1.82) is 0 Å². The van der Waals surface area contributed by atoms with Crippen molar-refractivity contribution in [2.75, 3.05) is 19.5 Å². The predicted molar refractivity (Wildman–Crippen MR) is 135 cm³/mol. The number of halogens is 1. The first-order valence-corrected chi connectivity index (χ1v) is 11.1. The fourth-order valence-electron chi connectivity index (χ4n) is 3.87. The number of carbonyl (C=O) groups is 1. The van der Waals surface area contributed by atoms with Gasteiger partial charge in [0, 0.05) is 46.7 Å². The first-order valence-electron chi connectivity index (χ1n) is 10.7. The average Bonchev–Trinajstić information content (AvgIpc) is 3.17. The summed E-state index contributed by atoms with van der Waals surface area (Å²) in [6.07, 6.45) is 1.68. The molecule has 8 nitrogen and oxygen atoms in total. The number of pyridine rings is 1. The third-order valence-corrected chi connectivity index (χ3v) is 5.81. The molecular formula is C26H21ClN4O4. The van der Waals surface area contributed by atoms with Crippen molar-refractivity contribution in [2.24, 2.45) is 7.05 Å². The van der Waals surface area contributed by atoms with Gasteiger partial charge in [-0.15, -0.1) is 0 Å². The number of hydrogen-bond donors (Lipinski definition) is 1. The fourth-order valence-corrected chi connectivity index (χ4v) is 4.06. The van der Waals surface area contributed by atoms with Gasteiger partial charge in [-0.05, 0) is 42.5 Å².